The SMILES string of the molecule is COc1ccc2c(n1)N(CC(CO)N1CCC(NC(=O)O)CC1)C(=O)CC2. The molecule has 1 fully saturated rings. The van der Waals surface area contributed by atoms with Crippen molar-refractivity contribution < 1.29 is 24.5 Å². The van der Waals surface area contributed by atoms with Crippen LogP contribution in [-0.4, -0.2) is 77.5 Å². The number of carbonyl (C=O) groups is 2. The predicted octanol–water partition coefficient (Wildman–Crippen LogP) is 0.462. The van der Waals surface area contributed by atoms with Crippen LogP contribution in [0.4, 0.5) is 10.6 Å². The minimum atomic E-state index is -1.01. The van der Waals surface area contributed by atoms with Crippen LogP contribution in [0.1, 0.15) is 24.8 Å². The maximum atomic E-state index is 12.5. The van der Waals surface area contributed by atoms with Gasteiger partial charge in [0.15, 0.2) is 0 Å². The van der Waals surface area contributed by atoms with Crippen molar-refractivity contribution in [3.8, 4) is 5.88 Å². The fourth-order valence-corrected chi connectivity index (χ4v) is 3.77. The first kappa shape index (κ1) is 19.4. The molecule has 0 aromatic carbocycles. The molecule has 1 atom stereocenters. The van der Waals surface area contributed by atoms with Gasteiger partial charge in [0, 0.05) is 38.2 Å². The third-order valence-corrected chi connectivity index (χ3v) is 5.28. The van der Waals surface area contributed by atoms with E-state index in [2.05, 4.69) is 15.2 Å². The van der Waals surface area contributed by atoms with E-state index in [1.165, 1.54) is 7.11 Å². The predicted molar refractivity (Wildman–Crippen MR) is 98.1 cm³/mol. The molecule has 9 nitrogen and oxygen atoms in total. The van der Waals surface area contributed by atoms with E-state index < -0.39 is 6.09 Å². The van der Waals surface area contributed by atoms with Crippen LogP contribution in [0.3, 0.4) is 0 Å². The number of hydrogen-bond acceptors (Lipinski definition) is 6. The van der Waals surface area contributed by atoms with E-state index in [0.29, 0.717) is 57.0 Å². The average Bonchev–Trinajstić information content (AvgIpc) is 2.67. The highest BCUT2D eigenvalue weighted by molar-refractivity contribution is 5.95. The molecule has 9 heteroatoms. The van der Waals surface area contributed by atoms with Crippen LogP contribution >= 0.6 is 0 Å². The van der Waals surface area contributed by atoms with Gasteiger partial charge in [0.25, 0.3) is 0 Å². The lowest BCUT2D eigenvalue weighted by Crippen LogP contribution is -2.53. The van der Waals surface area contributed by atoms with Gasteiger partial charge in [-0.05, 0) is 30.9 Å². The van der Waals surface area contributed by atoms with E-state index in [4.69, 9.17) is 9.84 Å². The Bertz CT molecular complexity index is 690. The first-order chi connectivity index (χ1) is 13.0. The van der Waals surface area contributed by atoms with Crippen molar-refractivity contribution in [1.29, 1.82) is 0 Å². The zero-order valence-corrected chi connectivity index (χ0v) is 15.4. The highest BCUT2D eigenvalue weighted by atomic mass is 16.5. The molecule has 0 saturated carbocycles. The zero-order valence-electron chi connectivity index (χ0n) is 15.4. The van der Waals surface area contributed by atoms with Crippen LogP contribution < -0.4 is 15.0 Å². The summed E-state index contributed by atoms with van der Waals surface area (Å²) in [6.07, 6.45) is 1.42. The largest absolute Gasteiger partial charge is 0.481 e. The van der Waals surface area contributed by atoms with Gasteiger partial charge in [0.2, 0.25) is 11.8 Å². The lowest BCUT2D eigenvalue weighted by atomic mass is 10.0. The molecule has 3 heterocycles. The second-order valence-corrected chi connectivity index (χ2v) is 6.94. The number of aromatic nitrogens is 1. The highest BCUT2D eigenvalue weighted by Crippen LogP contribution is 2.29. The number of carboxylic acid groups (broad SMARTS) is 1. The Morgan fingerprint density at radius 1 is 1.37 bits per heavy atom. The number of methoxy groups -OCH3 is 1. The van der Waals surface area contributed by atoms with Crippen LogP contribution in [0.25, 0.3) is 0 Å². The van der Waals surface area contributed by atoms with Crippen molar-refractivity contribution in [3.05, 3.63) is 17.7 Å². The molecule has 0 spiro atoms. The number of likely N-dealkylation sites (tertiary alicyclic amines) is 1. The summed E-state index contributed by atoms with van der Waals surface area (Å²) in [5, 5.41) is 21.3. The third kappa shape index (κ3) is 4.48. The minimum absolute atomic E-state index is 0.0101. The molecular weight excluding hydrogens is 352 g/mol. The second kappa shape index (κ2) is 8.53. The van der Waals surface area contributed by atoms with Crippen molar-refractivity contribution in [2.24, 2.45) is 0 Å². The van der Waals surface area contributed by atoms with Crippen molar-refractivity contribution in [1.82, 2.24) is 15.2 Å². The van der Waals surface area contributed by atoms with Gasteiger partial charge in [0.05, 0.1) is 19.8 Å². The number of nitrogens with zero attached hydrogens (tertiary/aromatic N) is 3. The number of nitrogens with one attached hydrogen (secondary N) is 1. The van der Waals surface area contributed by atoms with Gasteiger partial charge >= 0.3 is 6.09 Å². The maximum absolute atomic E-state index is 12.5. The first-order valence-corrected chi connectivity index (χ1v) is 9.20. The third-order valence-electron chi connectivity index (χ3n) is 5.28. The monoisotopic (exact) mass is 378 g/mol. The number of aryl methyl sites for hydroxylation is 1. The van der Waals surface area contributed by atoms with Gasteiger partial charge in [0.1, 0.15) is 5.82 Å². The van der Waals surface area contributed by atoms with Gasteiger partial charge in [-0.2, -0.15) is 4.98 Å². The van der Waals surface area contributed by atoms with Gasteiger partial charge in [-0.25, -0.2) is 4.79 Å². The van der Waals surface area contributed by atoms with E-state index in [0.717, 1.165) is 5.56 Å². The van der Waals surface area contributed by atoms with E-state index in [-0.39, 0.29) is 24.6 Å². The maximum Gasteiger partial charge on any atom is 0.404 e. The molecule has 2 amide bonds. The lowest BCUT2D eigenvalue weighted by molar-refractivity contribution is -0.119. The summed E-state index contributed by atoms with van der Waals surface area (Å²) in [4.78, 5) is 31.5. The first-order valence-electron chi connectivity index (χ1n) is 9.20. The van der Waals surface area contributed by atoms with Crippen LogP contribution in [0.15, 0.2) is 12.1 Å². The summed E-state index contributed by atoms with van der Waals surface area (Å²) < 4.78 is 5.19. The Morgan fingerprint density at radius 2 is 2.11 bits per heavy atom. The lowest BCUT2D eigenvalue weighted by Gasteiger charge is -2.39. The summed E-state index contributed by atoms with van der Waals surface area (Å²) in [5.74, 6) is 1.05. The van der Waals surface area contributed by atoms with Gasteiger partial charge in [-0.3, -0.25) is 14.6 Å². The van der Waals surface area contributed by atoms with Crippen molar-refractivity contribution in [3.63, 3.8) is 0 Å². The number of pyridine rings is 1. The summed E-state index contributed by atoms with van der Waals surface area (Å²) in [6, 6.07) is 3.42. The smallest absolute Gasteiger partial charge is 0.404 e. The molecule has 0 radical (unpaired) electrons. The number of carbonyl (C=O) groups excluding carboxylic acids is 1. The Balaban J connectivity index is 1.70. The molecule has 2 aliphatic heterocycles. The van der Waals surface area contributed by atoms with Gasteiger partial charge in [-0.1, -0.05) is 0 Å². The number of anilines is 1. The van der Waals surface area contributed by atoms with Crippen molar-refractivity contribution in [2.45, 2.75) is 37.8 Å². The highest BCUT2D eigenvalue weighted by Gasteiger charge is 2.32. The normalized spacial score (nSPS) is 19.5. The van der Waals surface area contributed by atoms with Crippen molar-refractivity contribution in [2.75, 3.05) is 38.3 Å². The topological polar surface area (TPSA) is 115 Å². The number of aliphatic hydroxyl groups is 1. The molecular formula is C18H26N4O5. The molecule has 3 rings (SSSR count). The number of fused-ring (bicyclic) bond motifs is 1. The average molecular weight is 378 g/mol. The van der Waals surface area contributed by atoms with E-state index >= 15 is 0 Å². The molecule has 1 saturated heterocycles. The Morgan fingerprint density at radius 3 is 2.74 bits per heavy atom. The van der Waals surface area contributed by atoms with E-state index in [1.807, 2.05) is 6.07 Å². The molecule has 1 aromatic rings. The van der Waals surface area contributed by atoms with E-state index in [1.54, 1.807) is 11.0 Å². The summed E-state index contributed by atoms with van der Waals surface area (Å²) >= 11 is 0. The zero-order chi connectivity index (χ0) is 19.4. The molecule has 0 aliphatic carbocycles. The van der Waals surface area contributed by atoms with Crippen LogP contribution in [0.2, 0.25) is 0 Å². The van der Waals surface area contributed by atoms with Crippen molar-refractivity contribution >= 4 is 17.8 Å². The van der Waals surface area contributed by atoms with Crippen LogP contribution in [-0.2, 0) is 11.2 Å². The molecule has 1 aromatic heterocycles. The minimum Gasteiger partial charge on any atom is -0.481 e. The molecule has 148 valence electrons. The van der Waals surface area contributed by atoms with Gasteiger partial charge < -0.3 is 20.3 Å². The Hall–Kier alpha value is -2.39. The molecule has 0 bridgehead atoms. The summed E-state index contributed by atoms with van der Waals surface area (Å²) in [5.41, 5.74) is 0.997. The number of piperidine rings is 1. The number of aliphatic hydroxyl groups excluding tert-OH is 1. The molecule has 1 unspecified atom stereocenters. The second-order valence-electron chi connectivity index (χ2n) is 6.94. The quantitative estimate of drug-likeness (QED) is 0.659. The summed E-state index contributed by atoms with van der Waals surface area (Å²) in [7, 11) is 1.54. The van der Waals surface area contributed by atoms with Crippen LogP contribution in [0.5, 0.6) is 5.88 Å². The molecule has 27 heavy (non-hydrogen) atoms. The molecule has 3 N–H and O–H groups in total. The number of hydrogen-bond donors (Lipinski definition) is 3. The van der Waals surface area contributed by atoms with Gasteiger partial charge in [-0.15, -0.1) is 0 Å². The number of amides is 2. The Kier molecular flexibility index (Phi) is 6.12. The van der Waals surface area contributed by atoms with E-state index in [9.17, 15) is 14.7 Å². The Labute approximate surface area is 157 Å². The standard InChI is InChI=1S/C18H26N4O5/c1-27-15-4-2-12-3-5-16(24)22(17(12)20-15)10-14(11-23)21-8-6-13(7-9-21)19-18(25)26/h2,4,13-14,19,23H,3,5-11H2,1H3,(H,25,26). The van der Waals surface area contributed by atoms with Crippen LogP contribution in [0, 0.1) is 0 Å². The summed E-state index contributed by atoms with van der Waals surface area (Å²) in [6.45, 7) is 1.59. The number of rotatable bonds is 6. The fraction of sp³-hybridized carbons (Fsp3) is 0.611. The fourth-order valence-electron chi connectivity index (χ4n) is 3.77. The molecule has 2 aliphatic rings. The number of ether oxygens (including phenoxy) is 1.